The summed E-state index contributed by atoms with van der Waals surface area (Å²) in [6.07, 6.45) is 4.92. The molecule has 2 aromatic heterocycles. The largest absolute Gasteiger partial charge is 0.334 e. The Bertz CT molecular complexity index is 1340. The van der Waals surface area contributed by atoms with E-state index in [1.165, 1.54) is 32.6 Å². The van der Waals surface area contributed by atoms with Crippen molar-refractivity contribution in [3.63, 3.8) is 0 Å². The number of benzene rings is 1. The van der Waals surface area contributed by atoms with Gasteiger partial charge < -0.3 is 9.80 Å². The molecule has 0 saturated carbocycles. The zero-order valence-corrected chi connectivity index (χ0v) is 21.2. The van der Waals surface area contributed by atoms with Gasteiger partial charge in [-0.15, -0.1) is 22.7 Å². The number of rotatable bonds is 4. The van der Waals surface area contributed by atoms with Gasteiger partial charge in [0.05, 0.1) is 4.88 Å². The van der Waals surface area contributed by atoms with E-state index in [1.807, 2.05) is 6.07 Å². The Balaban J connectivity index is 1.25. The van der Waals surface area contributed by atoms with Crippen molar-refractivity contribution in [1.82, 2.24) is 19.1 Å². The molecule has 1 amide bonds. The molecule has 3 aromatic rings. The minimum absolute atomic E-state index is 0.131. The molecule has 0 unspecified atom stereocenters. The van der Waals surface area contributed by atoms with E-state index in [2.05, 4.69) is 23.0 Å². The summed E-state index contributed by atoms with van der Waals surface area (Å²) < 4.78 is 28.9. The Morgan fingerprint density at radius 1 is 1.09 bits per heavy atom. The lowest BCUT2D eigenvalue weighted by Crippen LogP contribution is -2.50. The third-order valence-electron chi connectivity index (χ3n) is 6.00. The Hall–Kier alpha value is -1.82. The first-order valence-electron chi connectivity index (χ1n) is 10.6. The lowest BCUT2D eigenvalue weighted by molar-refractivity contribution is 0.0697. The number of thiophene rings is 1. The van der Waals surface area contributed by atoms with Crippen molar-refractivity contribution >= 4 is 65.9 Å². The Kier molecular flexibility index (Phi) is 6.32. The second kappa shape index (κ2) is 9.09. The predicted octanol–water partition coefficient (Wildman–Crippen LogP) is 3.88. The summed E-state index contributed by atoms with van der Waals surface area (Å²) >= 11 is 8.68. The van der Waals surface area contributed by atoms with E-state index >= 15 is 0 Å². The second-order valence-electron chi connectivity index (χ2n) is 8.22. The van der Waals surface area contributed by atoms with E-state index in [0.717, 1.165) is 34.5 Å². The monoisotopic (exact) mass is 522 g/mol. The molecule has 4 heterocycles. The van der Waals surface area contributed by atoms with E-state index in [1.54, 1.807) is 29.3 Å². The first kappa shape index (κ1) is 22.9. The summed E-state index contributed by atoms with van der Waals surface area (Å²) in [5, 5.41) is 1.90. The van der Waals surface area contributed by atoms with Crippen LogP contribution in [0.25, 0.3) is 15.7 Å². The standard InChI is InChI=1S/C22H23ClN4O3S3/c1-25-6-4-15(5-7-25)19-14-24-21(32-19)22(28)26-8-10-27(11-9-26)33(29,30)20-12-16-2-3-17(23)13-18(16)31-20/h2-4,12-14H,5-11H2,1H3. The lowest BCUT2D eigenvalue weighted by Gasteiger charge is -2.33. The maximum atomic E-state index is 13.2. The van der Waals surface area contributed by atoms with Crippen molar-refractivity contribution < 1.29 is 13.2 Å². The minimum Gasteiger partial charge on any atom is -0.334 e. The summed E-state index contributed by atoms with van der Waals surface area (Å²) in [6, 6.07) is 7.05. The van der Waals surface area contributed by atoms with E-state index in [-0.39, 0.29) is 19.0 Å². The number of carbonyl (C=O) groups is 1. The average molecular weight is 523 g/mol. The molecule has 0 N–H and O–H groups in total. The topological polar surface area (TPSA) is 73.8 Å². The van der Waals surface area contributed by atoms with Crippen LogP contribution in [0.1, 0.15) is 21.1 Å². The predicted molar refractivity (Wildman–Crippen MR) is 134 cm³/mol. The van der Waals surface area contributed by atoms with Gasteiger partial charge in [0, 0.05) is 55.2 Å². The van der Waals surface area contributed by atoms with Crippen LogP contribution in [0.4, 0.5) is 0 Å². The highest BCUT2D eigenvalue weighted by molar-refractivity contribution is 7.91. The molecular formula is C22H23ClN4O3S3. The molecule has 5 rings (SSSR count). The van der Waals surface area contributed by atoms with Crippen LogP contribution in [0, 0.1) is 0 Å². The maximum Gasteiger partial charge on any atom is 0.282 e. The number of halogens is 1. The van der Waals surface area contributed by atoms with Crippen LogP contribution in [0.2, 0.25) is 5.02 Å². The van der Waals surface area contributed by atoms with Gasteiger partial charge in [0.1, 0.15) is 4.21 Å². The summed E-state index contributed by atoms with van der Waals surface area (Å²) in [5.74, 6) is -0.131. The van der Waals surface area contributed by atoms with Gasteiger partial charge in [0.2, 0.25) is 0 Å². The molecule has 0 radical (unpaired) electrons. The summed E-state index contributed by atoms with van der Waals surface area (Å²) in [6.45, 7) is 3.11. The van der Waals surface area contributed by atoms with Crippen LogP contribution in [-0.4, -0.2) is 79.7 Å². The van der Waals surface area contributed by atoms with E-state index in [4.69, 9.17) is 11.6 Å². The van der Waals surface area contributed by atoms with Crippen molar-refractivity contribution in [1.29, 1.82) is 0 Å². The maximum absolute atomic E-state index is 13.2. The quantitative estimate of drug-likeness (QED) is 0.520. The molecule has 2 aliphatic rings. The molecule has 11 heteroatoms. The van der Waals surface area contributed by atoms with E-state index in [9.17, 15) is 13.2 Å². The number of nitrogens with zero attached hydrogens (tertiary/aromatic N) is 4. The zero-order chi connectivity index (χ0) is 23.2. The molecule has 0 atom stereocenters. The van der Waals surface area contributed by atoms with Gasteiger partial charge in [-0.25, -0.2) is 13.4 Å². The van der Waals surface area contributed by atoms with E-state index in [0.29, 0.717) is 27.3 Å². The van der Waals surface area contributed by atoms with Gasteiger partial charge in [0.15, 0.2) is 5.01 Å². The van der Waals surface area contributed by atoms with Crippen molar-refractivity contribution in [2.75, 3.05) is 46.3 Å². The van der Waals surface area contributed by atoms with Crippen molar-refractivity contribution in [3.8, 4) is 0 Å². The fourth-order valence-electron chi connectivity index (χ4n) is 4.02. The fourth-order valence-corrected chi connectivity index (χ4v) is 8.22. The zero-order valence-electron chi connectivity index (χ0n) is 18.0. The van der Waals surface area contributed by atoms with Crippen LogP contribution < -0.4 is 0 Å². The molecular weight excluding hydrogens is 500 g/mol. The van der Waals surface area contributed by atoms with Gasteiger partial charge in [-0.05, 0) is 42.6 Å². The summed E-state index contributed by atoms with van der Waals surface area (Å²) in [7, 11) is -1.53. The average Bonchev–Trinajstić information content (AvgIpc) is 3.47. The number of amides is 1. The van der Waals surface area contributed by atoms with Gasteiger partial charge >= 0.3 is 0 Å². The number of sulfonamides is 1. The number of hydrogen-bond acceptors (Lipinski definition) is 7. The van der Waals surface area contributed by atoms with Gasteiger partial charge in [-0.3, -0.25) is 4.79 Å². The summed E-state index contributed by atoms with van der Waals surface area (Å²) in [4.78, 5) is 22.3. The summed E-state index contributed by atoms with van der Waals surface area (Å²) in [5.41, 5.74) is 1.24. The first-order valence-corrected chi connectivity index (χ1v) is 14.1. The molecule has 0 aliphatic carbocycles. The van der Waals surface area contributed by atoms with Crippen LogP contribution in [-0.2, 0) is 10.0 Å². The molecule has 7 nitrogen and oxygen atoms in total. The van der Waals surface area contributed by atoms with Crippen molar-refractivity contribution in [2.45, 2.75) is 10.6 Å². The minimum atomic E-state index is -3.62. The molecule has 2 aliphatic heterocycles. The first-order chi connectivity index (χ1) is 15.8. The fraction of sp³-hybridized carbons (Fsp3) is 0.364. The third-order valence-corrected chi connectivity index (χ3v) is 10.7. The molecule has 0 bridgehead atoms. The molecule has 1 fully saturated rings. The van der Waals surface area contributed by atoms with Gasteiger partial charge in [0.25, 0.3) is 15.9 Å². The second-order valence-corrected chi connectivity index (χ2v) is 12.9. The van der Waals surface area contributed by atoms with E-state index < -0.39 is 10.0 Å². The van der Waals surface area contributed by atoms with Crippen LogP contribution >= 0.6 is 34.3 Å². The number of aromatic nitrogens is 1. The van der Waals surface area contributed by atoms with Crippen molar-refractivity contribution in [3.05, 3.63) is 51.4 Å². The number of hydrogen-bond donors (Lipinski definition) is 0. The van der Waals surface area contributed by atoms with Gasteiger partial charge in [-0.2, -0.15) is 4.31 Å². The molecule has 1 aromatic carbocycles. The van der Waals surface area contributed by atoms with Crippen LogP contribution in [0.3, 0.4) is 0 Å². The normalized spacial score (nSPS) is 18.6. The third kappa shape index (κ3) is 4.60. The Labute approximate surface area is 205 Å². The number of likely N-dealkylation sites (N-methyl/N-ethyl adjacent to an activating group) is 1. The smallest absolute Gasteiger partial charge is 0.282 e. The molecule has 33 heavy (non-hydrogen) atoms. The Morgan fingerprint density at radius 3 is 2.61 bits per heavy atom. The number of thiazole rings is 1. The molecule has 174 valence electrons. The van der Waals surface area contributed by atoms with Crippen molar-refractivity contribution in [2.24, 2.45) is 0 Å². The number of piperazine rings is 1. The van der Waals surface area contributed by atoms with Gasteiger partial charge in [-0.1, -0.05) is 23.7 Å². The SMILES string of the molecule is CN1CC=C(c2cnc(C(=O)N3CCN(S(=O)(=O)c4cc5ccc(Cl)cc5s4)CC3)s2)CC1. The number of fused-ring (bicyclic) bond motifs is 1. The van der Waals surface area contributed by atoms with Crippen LogP contribution in [0.5, 0.6) is 0 Å². The lowest BCUT2D eigenvalue weighted by atomic mass is 10.1. The Morgan fingerprint density at radius 2 is 1.88 bits per heavy atom. The molecule has 0 spiro atoms. The highest BCUT2D eigenvalue weighted by Crippen LogP contribution is 2.33. The highest BCUT2D eigenvalue weighted by atomic mass is 35.5. The number of carbonyl (C=O) groups excluding carboxylic acids is 1. The highest BCUT2D eigenvalue weighted by Gasteiger charge is 2.32. The molecule has 1 saturated heterocycles. The van der Waals surface area contributed by atoms with Crippen LogP contribution in [0.15, 0.2) is 40.7 Å².